The highest BCUT2D eigenvalue weighted by Gasteiger charge is 2.37. The Balaban J connectivity index is 1.33. The minimum Gasteiger partial charge on any atom is -0.461 e. The minimum atomic E-state index is -1.05. The molecule has 0 spiro atoms. The second-order valence-electron chi connectivity index (χ2n) is 10.9. The predicted molar refractivity (Wildman–Crippen MR) is 158 cm³/mol. The Kier molecular flexibility index (Phi) is 8.15. The summed E-state index contributed by atoms with van der Waals surface area (Å²) < 4.78 is 26.2. The minimum absolute atomic E-state index is 0.00788. The van der Waals surface area contributed by atoms with Gasteiger partial charge in [0.2, 0.25) is 12.5 Å². The van der Waals surface area contributed by atoms with Gasteiger partial charge in [0, 0.05) is 48.4 Å². The van der Waals surface area contributed by atoms with E-state index >= 15 is 0 Å². The van der Waals surface area contributed by atoms with Gasteiger partial charge in [-0.1, -0.05) is 48.5 Å². The Morgan fingerprint density at radius 3 is 2.81 bits per heavy atom. The first-order valence-corrected chi connectivity index (χ1v) is 14.5. The van der Waals surface area contributed by atoms with Gasteiger partial charge in [-0.25, -0.2) is 11.0 Å². The van der Waals surface area contributed by atoms with Crippen LogP contribution in [0.1, 0.15) is 35.8 Å². The number of fused-ring (bicyclic) bond motifs is 2. The van der Waals surface area contributed by atoms with Gasteiger partial charge in [0.25, 0.3) is 5.91 Å². The number of halogens is 2. The number of ether oxygens (including phenoxy) is 2. The number of aromatic nitrogens is 2. The second-order valence-corrected chi connectivity index (χ2v) is 11.3. The Hall–Kier alpha value is -4.27. The number of anilines is 1. The zero-order valence-electron chi connectivity index (χ0n) is 23.4. The number of nitrogens with zero attached hydrogens (tertiary/aromatic N) is 5. The van der Waals surface area contributed by atoms with Crippen LogP contribution < -0.4 is 15.0 Å². The van der Waals surface area contributed by atoms with Gasteiger partial charge in [0.15, 0.2) is 5.83 Å². The fourth-order valence-corrected chi connectivity index (χ4v) is 6.35. The molecule has 10 nitrogen and oxygen atoms in total. The number of amides is 2. The summed E-state index contributed by atoms with van der Waals surface area (Å²) in [5, 5.41) is 5.48. The Labute approximate surface area is 253 Å². The van der Waals surface area contributed by atoms with Crippen molar-refractivity contribution in [3.05, 3.63) is 82.1 Å². The summed E-state index contributed by atoms with van der Waals surface area (Å²) in [4.78, 5) is 40.5. The molecule has 4 heterocycles. The van der Waals surface area contributed by atoms with Gasteiger partial charge in [0.05, 0.1) is 24.4 Å². The van der Waals surface area contributed by atoms with E-state index in [4.69, 9.17) is 37.6 Å². The molecule has 0 aliphatic carbocycles. The maximum atomic E-state index is 13.8. The van der Waals surface area contributed by atoms with Crippen LogP contribution in [-0.2, 0) is 27.4 Å². The first-order valence-electron chi connectivity index (χ1n) is 14.2. The van der Waals surface area contributed by atoms with Crippen LogP contribution in [0.15, 0.2) is 48.8 Å². The average molecular weight is 605 g/mol. The number of rotatable bonds is 7. The molecule has 2 aromatic carbocycles. The second kappa shape index (κ2) is 12.1. The highest BCUT2D eigenvalue weighted by Crippen LogP contribution is 2.39. The first kappa shape index (κ1) is 28.8. The largest absolute Gasteiger partial charge is 0.461 e. The summed E-state index contributed by atoms with van der Waals surface area (Å²) >= 11 is 6.62. The van der Waals surface area contributed by atoms with Crippen LogP contribution in [0.25, 0.3) is 15.6 Å². The molecular formula is C31H30ClFN6O4. The van der Waals surface area contributed by atoms with Crippen LogP contribution in [0.5, 0.6) is 6.01 Å². The zero-order chi connectivity index (χ0) is 30.1. The molecule has 2 saturated heterocycles. The van der Waals surface area contributed by atoms with Crippen LogP contribution in [0.2, 0.25) is 5.02 Å². The summed E-state index contributed by atoms with van der Waals surface area (Å²) in [6.07, 6.45) is 1.24. The summed E-state index contributed by atoms with van der Waals surface area (Å²) in [6, 6.07) is 11.3. The van der Waals surface area contributed by atoms with Crippen LogP contribution in [0.4, 0.5) is 10.2 Å². The standard InChI is InChI=1S/C31H30ClFN6O4/c1-18(33)30(41)39-12-11-38(15-21(39)14-34-2)29-23-17-42-26(22-7-3-5-19-6-4-8-24(32)28(19)22)13-25(23)36-31(37-29)43-16-20-9-10-27(40)35-20/h3-8,20-21,26H,1,9-17H2,(H,35,40)/t20-,21-,26?/m0/s1. The lowest BCUT2D eigenvalue weighted by atomic mass is 9.94. The van der Waals surface area contributed by atoms with Crippen molar-refractivity contribution in [3.8, 4) is 6.01 Å². The highest BCUT2D eigenvalue weighted by molar-refractivity contribution is 6.35. The molecular weight excluding hydrogens is 575 g/mol. The Bertz CT molecular complexity index is 1640. The fraction of sp³-hybridized carbons (Fsp3) is 0.387. The summed E-state index contributed by atoms with van der Waals surface area (Å²) in [5.74, 6) is -1.28. The highest BCUT2D eigenvalue weighted by atomic mass is 35.5. The normalized spacial score (nSPS) is 21.7. The van der Waals surface area contributed by atoms with Crippen molar-refractivity contribution in [2.24, 2.45) is 0 Å². The van der Waals surface area contributed by atoms with Gasteiger partial charge >= 0.3 is 6.01 Å². The topological polar surface area (TPSA) is 101 Å². The predicted octanol–water partition coefficient (Wildman–Crippen LogP) is 4.17. The molecule has 2 amide bonds. The molecule has 0 bridgehead atoms. The number of piperazine rings is 1. The monoisotopic (exact) mass is 604 g/mol. The van der Waals surface area contributed by atoms with Gasteiger partial charge in [-0.05, 0) is 23.4 Å². The number of hydrogen-bond acceptors (Lipinski definition) is 7. The van der Waals surface area contributed by atoms with E-state index in [2.05, 4.69) is 16.7 Å². The zero-order valence-corrected chi connectivity index (χ0v) is 24.1. The van der Waals surface area contributed by atoms with E-state index in [1.165, 1.54) is 4.90 Å². The van der Waals surface area contributed by atoms with E-state index in [0.29, 0.717) is 36.6 Å². The van der Waals surface area contributed by atoms with E-state index in [1.54, 1.807) is 0 Å². The number of benzene rings is 2. The third-order valence-corrected chi connectivity index (χ3v) is 8.48. The Morgan fingerprint density at radius 1 is 1.26 bits per heavy atom. The van der Waals surface area contributed by atoms with Gasteiger partial charge in [-0.2, -0.15) is 9.97 Å². The molecule has 0 radical (unpaired) electrons. The number of carbonyl (C=O) groups is 2. The molecule has 1 aromatic heterocycles. The molecule has 12 heteroatoms. The third-order valence-electron chi connectivity index (χ3n) is 8.17. The molecule has 1 unspecified atom stereocenters. The number of nitrogens with one attached hydrogen (secondary N) is 1. The van der Waals surface area contributed by atoms with Crippen LogP contribution in [0, 0.1) is 6.57 Å². The van der Waals surface area contributed by atoms with E-state index in [0.717, 1.165) is 27.6 Å². The van der Waals surface area contributed by atoms with Crippen molar-refractivity contribution in [2.45, 2.75) is 44.1 Å². The molecule has 3 aliphatic rings. The smallest absolute Gasteiger partial charge is 0.318 e. The fourth-order valence-electron chi connectivity index (χ4n) is 6.06. The van der Waals surface area contributed by atoms with Crippen molar-refractivity contribution in [2.75, 3.05) is 37.7 Å². The molecule has 1 N–H and O–H groups in total. The lowest BCUT2D eigenvalue weighted by Crippen LogP contribution is -2.57. The maximum absolute atomic E-state index is 13.8. The molecule has 43 heavy (non-hydrogen) atoms. The molecule has 2 fully saturated rings. The Morgan fingerprint density at radius 2 is 2.07 bits per heavy atom. The summed E-state index contributed by atoms with van der Waals surface area (Å²) in [5.41, 5.74) is 2.51. The summed E-state index contributed by atoms with van der Waals surface area (Å²) in [6.45, 7) is 11.8. The molecule has 0 saturated carbocycles. The van der Waals surface area contributed by atoms with Gasteiger partial charge in [-0.3, -0.25) is 9.59 Å². The van der Waals surface area contributed by atoms with Crippen LogP contribution >= 0.6 is 11.6 Å². The molecule has 6 rings (SSSR count). The van der Waals surface area contributed by atoms with Crippen molar-refractivity contribution < 1.29 is 23.5 Å². The lowest BCUT2D eigenvalue weighted by molar-refractivity contribution is -0.131. The lowest BCUT2D eigenvalue weighted by Gasteiger charge is -2.40. The van der Waals surface area contributed by atoms with E-state index in [-0.39, 0.29) is 56.9 Å². The quantitative estimate of drug-likeness (QED) is 0.319. The van der Waals surface area contributed by atoms with Crippen molar-refractivity contribution in [3.63, 3.8) is 0 Å². The molecule has 222 valence electrons. The van der Waals surface area contributed by atoms with Gasteiger partial charge < -0.3 is 29.4 Å². The van der Waals surface area contributed by atoms with Crippen LogP contribution in [-0.4, -0.2) is 71.6 Å². The van der Waals surface area contributed by atoms with Gasteiger partial charge in [-0.15, -0.1) is 0 Å². The SMILES string of the molecule is [C-]#[N+]C[C@H]1CN(c2nc(OC[C@@H]3CCC(=O)N3)nc3c2COC(c2cccc4cccc(Cl)c24)C3)CCN1C(=O)C(=C)F. The first-order chi connectivity index (χ1) is 20.8. The third kappa shape index (κ3) is 5.85. The molecule has 3 atom stereocenters. The average Bonchev–Trinajstić information content (AvgIpc) is 3.43. The number of carbonyl (C=O) groups excluding carboxylic acids is 2. The van der Waals surface area contributed by atoms with Crippen molar-refractivity contribution in [1.29, 1.82) is 0 Å². The van der Waals surface area contributed by atoms with Crippen molar-refractivity contribution >= 4 is 40.0 Å². The van der Waals surface area contributed by atoms with Crippen molar-refractivity contribution in [1.82, 2.24) is 20.2 Å². The summed E-state index contributed by atoms with van der Waals surface area (Å²) in [7, 11) is 0. The van der Waals surface area contributed by atoms with E-state index < -0.39 is 17.8 Å². The van der Waals surface area contributed by atoms with E-state index in [9.17, 15) is 14.0 Å². The van der Waals surface area contributed by atoms with Gasteiger partial charge in [0.1, 0.15) is 18.5 Å². The molecule has 3 aromatic rings. The number of hydrogen-bond donors (Lipinski definition) is 1. The maximum Gasteiger partial charge on any atom is 0.318 e. The van der Waals surface area contributed by atoms with Crippen LogP contribution in [0.3, 0.4) is 0 Å². The van der Waals surface area contributed by atoms with E-state index in [1.807, 2.05) is 41.3 Å². The molecule has 3 aliphatic heterocycles.